The standard InChI is InChI=1S/C10H13BrN4O3S/c11-7-3-8(5-14-4-7)19(17,18)15-2-1-13-6-9(15)10(12)16/h3-5,9,13H,1-2,6H2,(H2,12,16). The van der Waals surface area contributed by atoms with Crippen LogP contribution in [0.4, 0.5) is 0 Å². The molecule has 1 amide bonds. The highest BCUT2D eigenvalue weighted by Crippen LogP contribution is 2.21. The van der Waals surface area contributed by atoms with Crippen LogP contribution in [-0.4, -0.2) is 49.3 Å². The Bertz CT molecular complexity index is 592. The van der Waals surface area contributed by atoms with Crippen molar-refractivity contribution in [2.75, 3.05) is 19.6 Å². The fourth-order valence-electron chi connectivity index (χ4n) is 1.88. The van der Waals surface area contributed by atoms with Crippen molar-refractivity contribution in [3.63, 3.8) is 0 Å². The van der Waals surface area contributed by atoms with E-state index in [2.05, 4.69) is 26.2 Å². The van der Waals surface area contributed by atoms with E-state index in [4.69, 9.17) is 5.73 Å². The summed E-state index contributed by atoms with van der Waals surface area (Å²) >= 11 is 3.17. The van der Waals surface area contributed by atoms with Crippen LogP contribution in [0.2, 0.25) is 0 Å². The number of carbonyl (C=O) groups is 1. The molecule has 1 aliphatic heterocycles. The SMILES string of the molecule is NC(=O)C1CNCCN1S(=O)(=O)c1cncc(Br)c1. The lowest BCUT2D eigenvalue weighted by atomic mass is 10.2. The van der Waals surface area contributed by atoms with Gasteiger partial charge in [-0.05, 0) is 22.0 Å². The highest BCUT2D eigenvalue weighted by atomic mass is 79.9. The van der Waals surface area contributed by atoms with Crippen LogP contribution in [0.1, 0.15) is 0 Å². The second-order valence-electron chi connectivity index (χ2n) is 4.08. The van der Waals surface area contributed by atoms with E-state index in [9.17, 15) is 13.2 Å². The average Bonchev–Trinajstić information content (AvgIpc) is 2.38. The molecule has 7 nitrogen and oxygen atoms in total. The number of pyridine rings is 1. The number of carbonyl (C=O) groups excluding carboxylic acids is 1. The first kappa shape index (κ1) is 14.4. The fourth-order valence-corrected chi connectivity index (χ4v) is 3.99. The van der Waals surface area contributed by atoms with Gasteiger partial charge in [-0.2, -0.15) is 4.31 Å². The van der Waals surface area contributed by atoms with Crippen molar-refractivity contribution in [3.05, 3.63) is 22.9 Å². The summed E-state index contributed by atoms with van der Waals surface area (Å²) in [6, 6.07) is 0.570. The van der Waals surface area contributed by atoms with Gasteiger partial charge in [0.1, 0.15) is 10.9 Å². The van der Waals surface area contributed by atoms with E-state index in [-0.39, 0.29) is 18.0 Å². The zero-order valence-corrected chi connectivity index (χ0v) is 12.3. The molecule has 1 atom stereocenters. The van der Waals surface area contributed by atoms with Crippen LogP contribution in [0.3, 0.4) is 0 Å². The second-order valence-corrected chi connectivity index (χ2v) is 6.88. The lowest BCUT2D eigenvalue weighted by Gasteiger charge is -2.32. The molecular weight excluding hydrogens is 336 g/mol. The third kappa shape index (κ3) is 2.94. The Morgan fingerprint density at radius 3 is 2.89 bits per heavy atom. The maximum Gasteiger partial charge on any atom is 0.245 e. The Morgan fingerprint density at radius 2 is 2.26 bits per heavy atom. The van der Waals surface area contributed by atoms with E-state index >= 15 is 0 Å². The van der Waals surface area contributed by atoms with E-state index in [0.717, 1.165) is 4.31 Å². The summed E-state index contributed by atoms with van der Waals surface area (Å²) in [6.45, 7) is 0.892. The average molecular weight is 349 g/mol. The first-order chi connectivity index (χ1) is 8.93. The number of nitrogens with one attached hydrogen (secondary N) is 1. The summed E-state index contributed by atoms with van der Waals surface area (Å²) in [5, 5.41) is 2.95. The maximum atomic E-state index is 12.5. The number of aromatic nitrogens is 1. The number of piperazine rings is 1. The second kappa shape index (κ2) is 5.53. The van der Waals surface area contributed by atoms with Gasteiger partial charge in [-0.3, -0.25) is 9.78 Å². The number of amides is 1. The van der Waals surface area contributed by atoms with Gasteiger partial charge in [0.05, 0.1) is 0 Å². The summed E-state index contributed by atoms with van der Waals surface area (Å²) < 4.78 is 26.6. The summed E-state index contributed by atoms with van der Waals surface area (Å²) in [6.07, 6.45) is 2.74. The third-order valence-corrected chi connectivity index (χ3v) is 5.12. The normalized spacial score (nSPS) is 21.2. The largest absolute Gasteiger partial charge is 0.368 e. The highest BCUT2D eigenvalue weighted by molar-refractivity contribution is 9.10. The van der Waals surface area contributed by atoms with Crippen molar-refractivity contribution in [2.45, 2.75) is 10.9 Å². The topological polar surface area (TPSA) is 105 Å². The van der Waals surface area contributed by atoms with Crippen LogP contribution in [0, 0.1) is 0 Å². The molecule has 3 N–H and O–H groups in total. The first-order valence-electron chi connectivity index (χ1n) is 5.55. The molecule has 1 aromatic heterocycles. The summed E-state index contributed by atoms with van der Waals surface area (Å²) in [4.78, 5) is 15.2. The molecule has 104 valence electrons. The van der Waals surface area contributed by atoms with Crippen LogP contribution in [0.5, 0.6) is 0 Å². The maximum absolute atomic E-state index is 12.5. The smallest absolute Gasteiger partial charge is 0.245 e. The summed E-state index contributed by atoms with van der Waals surface area (Å²) in [7, 11) is -3.78. The molecule has 1 unspecified atom stereocenters. The van der Waals surface area contributed by atoms with Crippen molar-refractivity contribution >= 4 is 31.9 Å². The van der Waals surface area contributed by atoms with Gasteiger partial charge in [0.15, 0.2) is 0 Å². The zero-order chi connectivity index (χ0) is 14.0. The monoisotopic (exact) mass is 348 g/mol. The molecule has 1 fully saturated rings. The molecule has 0 saturated carbocycles. The molecule has 0 aromatic carbocycles. The van der Waals surface area contributed by atoms with Crippen LogP contribution < -0.4 is 11.1 Å². The van der Waals surface area contributed by atoms with Crippen molar-refractivity contribution in [1.82, 2.24) is 14.6 Å². The Morgan fingerprint density at radius 1 is 1.53 bits per heavy atom. The number of hydrogen-bond donors (Lipinski definition) is 2. The number of sulfonamides is 1. The van der Waals surface area contributed by atoms with Crippen molar-refractivity contribution < 1.29 is 13.2 Å². The first-order valence-corrected chi connectivity index (χ1v) is 7.78. The molecule has 0 spiro atoms. The predicted octanol–water partition coefficient (Wildman–Crippen LogP) is -0.708. The van der Waals surface area contributed by atoms with Crippen molar-refractivity contribution in [3.8, 4) is 0 Å². The van der Waals surface area contributed by atoms with E-state index in [1.165, 1.54) is 18.5 Å². The van der Waals surface area contributed by atoms with Crippen LogP contribution in [0.15, 0.2) is 27.8 Å². The van der Waals surface area contributed by atoms with Crippen molar-refractivity contribution in [1.29, 1.82) is 0 Å². The molecule has 1 aromatic rings. The van der Waals surface area contributed by atoms with Crippen LogP contribution in [-0.2, 0) is 14.8 Å². The Labute approximate surface area is 119 Å². The van der Waals surface area contributed by atoms with Gasteiger partial charge in [0.2, 0.25) is 15.9 Å². The van der Waals surface area contributed by atoms with Gasteiger partial charge in [-0.1, -0.05) is 0 Å². The number of nitrogens with two attached hydrogens (primary N) is 1. The van der Waals surface area contributed by atoms with E-state index in [1.54, 1.807) is 0 Å². The number of primary amides is 1. The molecule has 19 heavy (non-hydrogen) atoms. The molecule has 0 aliphatic carbocycles. The minimum atomic E-state index is -3.78. The molecule has 2 heterocycles. The van der Waals surface area contributed by atoms with Gasteiger partial charge in [0, 0.05) is 36.5 Å². The number of nitrogens with zero attached hydrogens (tertiary/aromatic N) is 2. The number of hydrogen-bond acceptors (Lipinski definition) is 5. The summed E-state index contributed by atoms with van der Waals surface area (Å²) in [5.74, 6) is -0.668. The zero-order valence-electron chi connectivity index (χ0n) is 9.91. The van der Waals surface area contributed by atoms with Gasteiger partial charge in [0.25, 0.3) is 0 Å². The number of halogens is 1. The van der Waals surface area contributed by atoms with E-state index < -0.39 is 22.0 Å². The Hall–Kier alpha value is -1.03. The van der Waals surface area contributed by atoms with Gasteiger partial charge < -0.3 is 11.1 Å². The Balaban J connectivity index is 2.40. The molecule has 9 heteroatoms. The minimum Gasteiger partial charge on any atom is -0.368 e. The number of rotatable bonds is 3. The highest BCUT2D eigenvalue weighted by Gasteiger charge is 2.36. The van der Waals surface area contributed by atoms with Crippen LogP contribution in [0.25, 0.3) is 0 Å². The quantitative estimate of drug-likeness (QED) is 0.750. The van der Waals surface area contributed by atoms with Gasteiger partial charge in [-0.15, -0.1) is 0 Å². The lowest BCUT2D eigenvalue weighted by Crippen LogP contribution is -2.58. The molecular formula is C10H13BrN4O3S. The third-order valence-electron chi connectivity index (χ3n) is 2.81. The molecule has 2 rings (SSSR count). The molecule has 1 saturated heterocycles. The van der Waals surface area contributed by atoms with Gasteiger partial charge >= 0.3 is 0 Å². The van der Waals surface area contributed by atoms with Crippen molar-refractivity contribution in [2.24, 2.45) is 5.73 Å². The van der Waals surface area contributed by atoms with Gasteiger partial charge in [-0.25, -0.2) is 8.42 Å². The van der Waals surface area contributed by atoms with E-state index in [1.807, 2.05) is 0 Å². The lowest BCUT2D eigenvalue weighted by molar-refractivity contribution is -0.122. The molecule has 0 radical (unpaired) electrons. The molecule has 0 bridgehead atoms. The predicted molar refractivity (Wildman–Crippen MR) is 71.7 cm³/mol. The Kier molecular flexibility index (Phi) is 4.19. The minimum absolute atomic E-state index is 0.0371. The van der Waals surface area contributed by atoms with Crippen LogP contribution >= 0.6 is 15.9 Å². The molecule has 1 aliphatic rings. The van der Waals surface area contributed by atoms with E-state index in [0.29, 0.717) is 11.0 Å². The fraction of sp³-hybridized carbons (Fsp3) is 0.400. The summed E-state index contributed by atoms with van der Waals surface area (Å²) in [5.41, 5.74) is 5.25.